The van der Waals surface area contributed by atoms with Crippen molar-refractivity contribution in [1.29, 1.82) is 0 Å². The average molecular weight is 379 g/mol. The molecule has 1 aromatic carbocycles. The van der Waals surface area contributed by atoms with E-state index in [0.29, 0.717) is 11.4 Å². The van der Waals surface area contributed by atoms with E-state index in [1.54, 1.807) is 17.8 Å². The van der Waals surface area contributed by atoms with Crippen molar-refractivity contribution in [3.05, 3.63) is 28.4 Å². The summed E-state index contributed by atoms with van der Waals surface area (Å²) >= 11 is 3.54. The molecule has 1 saturated carbocycles. The van der Waals surface area contributed by atoms with Crippen molar-refractivity contribution in [2.24, 2.45) is 7.05 Å². The molecule has 6 nitrogen and oxygen atoms in total. The van der Waals surface area contributed by atoms with Crippen LogP contribution in [0, 0.1) is 0 Å². The molecule has 2 heterocycles. The van der Waals surface area contributed by atoms with Gasteiger partial charge in [0.15, 0.2) is 17.2 Å². The van der Waals surface area contributed by atoms with E-state index in [9.17, 15) is 4.79 Å². The summed E-state index contributed by atoms with van der Waals surface area (Å²) in [6.07, 6.45) is 3.99. The zero-order chi connectivity index (χ0) is 16.2. The molecule has 0 amide bonds. The van der Waals surface area contributed by atoms with Crippen LogP contribution < -0.4 is 9.47 Å². The SMILES string of the molecule is Cn1nc(C(=O)O)cc1-c1cc2c(cc1Br)OC1(CCCC1)O2. The van der Waals surface area contributed by atoms with Gasteiger partial charge in [0.05, 0.1) is 5.69 Å². The van der Waals surface area contributed by atoms with E-state index in [-0.39, 0.29) is 5.69 Å². The molecule has 1 N–H and O–H groups in total. The quantitative estimate of drug-likeness (QED) is 0.864. The Bertz CT molecular complexity index is 809. The molecule has 0 unspecified atom stereocenters. The van der Waals surface area contributed by atoms with Crippen molar-refractivity contribution < 1.29 is 19.4 Å². The van der Waals surface area contributed by atoms with Gasteiger partial charge in [-0.15, -0.1) is 0 Å². The molecular weight excluding hydrogens is 364 g/mol. The largest absolute Gasteiger partial charge is 0.476 e. The molecule has 1 aromatic heterocycles. The van der Waals surface area contributed by atoms with Gasteiger partial charge in [-0.1, -0.05) is 0 Å². The minimum Gasteiger partial charge on any atom is -0.476 e. The average Bonchev–Trinajstić information content (AvgIpc) is 3.17. The first-order chi connectivity index (χ1) is 11.0. The lowest BCUT2D eigenvalue weighted by Gasteiger charge is -2.21. The van der Waals surface area contributed by atoms with Crippen LogP contribution in [0.15, 0.2) is 22.7 Å². The third-order valence-corrected chi connectivity index (χ3v) is 5.02. The van der Waals surface area contributed by atoms with Gasteiger partial charge in [0.2, 0.25) is 0 Å². The molecule has 1 spiro atoms. The van der Waals surface area contributed by atoms with Gasteiger partial charge >= 0.3 is 5.97 Å². The normalized spacial score (nSPS) is 17.8. The number of hydrogen-bond donors (Lipinski definition) is 1. The number of nitrogens with zero attached hydrogens (tertiary/aromatic N) is 2. The Morgan fingerprint density at radius 1 is 1.26 bits per heavy atom. The van der Waals surface area contributed by atoms with Crippen LogP contribution in [0.4, 0.5) is 0 Å². The fourth-order valence-electron chi connectivity index (χ4n) is 3.25. The molecule has 1 aliphatic carbocycles. The summed E-state index contributed by atoms with van der Waals surface area (Å²) in [5, 5.41) is 13.1. The highest BCUT2D eigenvalue weighted by atomic mass is 79.9. The van der Waals surface area contributed by atoms with Crippen LogP contribution in [0.3, 0.4) is 0 Å². The van der Waals surface area contributed by atoms with E-state index in [2.05, 4.69) is 21.0 Å². The molecule has 7 heteroatoms. The van der Waals surface area contributed by atoms with E-state index in [0.717, 1.165) is 41.5 Å². The highest BCUT2D eigenvalue weighted by molar-refractivity contribution is 9.10. The van der Waals surface area contributed by atoms with Crippen molar-refractivity contribution in [2.45, 2.75) is 31.5 Å². The van der Waals surface area contributed by atoms with Gasteiger partial charge in [-0.05, 0) is 47.0 Å². The van der Waals surface area contributed by atoms with Crippen LogP contribution >= 0.6 is 15.9 Å². The van der Waals surface area contributed by atoms with Gasteiger partial charge in [0, 0.05) is 29.9 Å². The first-order valence-electron chi connectivity index (χ1n) is 7.47. The monoisotopic (exact) mass is 378 g/mol. The minimum atomic E-state index is -1.05. The molecule has 4 rings (SSSR count). The number of benzene rings is 1. The molecule has 23 heavy (non-hydrogen) atoms. The number of carboxylic acids is 1. The van der Waals surface area contributed by atoms with Crippen molar-refractivity contribution in [1.82, 2.24) is 9.78 Å². The Morgan fingerprint density at radius 2 is 1.91 bits per heavy atom. The van der Waals surface area contributed by atoms with Crippen LogP contribution in [-0.2, 0) is 7.05 Å². The number of aryl methyl sites for hydroxylation is 1. The van der Waals surface area contributed by atoms with E-state index in [1.807, 2.05) is 12.1 Å². The van der Waals surface area contributed by atoms with Gasteiger partial charge in [0.1, 0.15) is 0 Å². The summed E-state index contributed by atoms with van der Waals surface area (Å²) < 4.78 is 14.5. The fourth-order valence-corrected chi connectivity index (χ4v) is 3.78. The van der Waals surface area contributed by atoms with E-state index >= 15 is 0 Å². The zero-order valence-electron chi connectivity index (χ0n) is 12.5. The maximum Gasteiger partial charge on any atom is 0.356 e. The first kappa shape index (κ1) is 14.6. The topological polar surface area (TPSA) is 73.6 Å². The van der Waals surface area contributed by atoms with E-state index in [1.165, 1.54) is 0 Å². The van der Waals surface area contributed by atoms with Gasteiger partial charge < -0.3 is 14.6 Å². The maximum absolute atomic E-state index is 11.1. The summed E-state index contributed by atoms with van der Waals surface area (Å²) in [6.45, 7) is 0. The van der Waals surface area contributed by atoms with Crippen LogP contribution in [0.25, 0.3) is 11.3 Å². The summed E-state index contributed by atoms with van der Waals surface area (Å²) in [6, 6.07) is 5.32. The van der Waals surface area contributed by atoms with Gasteiger partial charge in [0.25, 0.3) is 5.79 Å². The predicted molar refractivity (Wildman–Crippen MR) is 85.8 cm³/mol. The number of rotatable bonds is 2. The number of aromatic nitrogens is 2. The second kappa shape index (κ2) is 4.99. The van der Waals surface area contributed by atoms with Crippen LogP contribution in [0.1, 0.15) is 36.2 Å². The van der Waals surface area contributed by atoms with Crippen molar-refractivity contribution in [2.75, 3.05) is 0 Å². The smallest absolute Gasteiger partial charge is 0.356 e. The molecule has 1 aliphatic heterocycles. The molecule has 0 atom stereocenters. The Balaban J connectivity index is 1.76. The summed E-state index contributed by atoms with van der Waals surface area (Å²) in [5.41, 5.74) is 1.54. The number of carboxylic acid groups (broad SMARTS) is 1. The van der Waals surface area contributed by atoms with E-state index in [4.69, 9.17) is 14.6 Å². The molecule has 0 bridgehead atoms. The standard InChI is InChI=1S/C16H15BrN2O4/c1-19-12(8-11(18-19)15(20)21)9-6-13-14(7-10(9)17)23-16(22-13)4-2-3-5-16/h6-8H,2-5H2,1H3,(H,20,21). The van der Waals surface area contributed by atoms with Crippen molar-refractivity contribution in [3.63, 3.8) is 0 Å². The lowest BCUT2D eigenvalue weighted by Crippen LogP contribution is -2.34. The second-order valence-corrected chi connectivity index (χ2v) is 6.80. The molecule has 2 aromatic rings. The lowest BCUT2D eigenvalue weighted by atomic mass is 10.1. The highest BCUT2D eigenvalue weighted by Gasteiger charge is 2.44. The Kier molecular flexibility index (Phi) is 3.16. The molecular formula is C16H15BrN2O4. The molecule has 2 aliphatic rings. The van der Waals surface area contributed by atoms with Crippen molar-refractivity contribution in [3.8, 4) is 22.8 Å². The number of carbonyl (C=O) groups is 1. The fraction of sp³-hybridized carbons (Fsp3) is 0.375. The minimum absolute atomic E-state index is 0.0133. The number of ether oxygens (including phenoxy) is 2. The Hall–Kier alpha value is -2.02. The molecule has 0 radical (unpaired) electrons. The van der Waals surface area contributed by atoms with E-state index < -0.39 is 11.8 Å². The predicted octanol–water partition coefficient (Wildman–Crippen LogP) is 3.59. The summed E-state index contributed by atoms with van der Waals surface area (Å²) in [5.74, 6) is -0.140. The van der Waals surface area contributed by atoms with Crippen LogP contribution in [0.2, 0.25) is 0 Å². The molecule has 120 valence electrons. The van der Waals surface area contributed by atoms with Crippen LogP contribution in [0.5, 0.6) is 11.5 Å². The second-order valence-electron chi connectivity index (χ2n) is 5.94. The Labute approximate surface area is 141 Å². The van der Waals surface area contributed by atoms with Crippen LogP contribution in [-0.4, -0.2) is 26.6 Å². The molecule has 0 saturated heterocycles. The van der Waals surface area contributed by atoms with Gasteiger partial charge in [-0.2, -0.15) is 5.10 Å². The third-order valence-electron chi connectivity index (χ3n) is 4.37. The summed E-state index contributed by atoms with van der Waals surface area (Å²) in [7, 11) is 1.72. The van der Waals surface area contributed by atoms with Gasteiger partial charge in [-0.25, -0.2) is 4.79 Å². The number of fused-ring (bicyclic) bond motifs is 1. The number of halogens is 1. The first-order valence-corrected chi connectivity index (χ1v) is 8.26. The molecule has 1 fully saturated rings. The number of hydrogen-bond acceptors (Lipinski definition) is 4. The van der Waals surface area contributed by atoms with Crippen molar-refractivity contribution >= 4 is 21.9 Å². The summed E-state index contributed by atoms with van der Waals surface area (Å²) in [4.78, 5) is 11.1. The highest BCUT2D eigenvalue weighted by Crippen LogP contribution is 2.49. The zero-order valence-corrected chi connectivity index (χ0v) is 14.1. The van der Waals surface area contributed by atoms with Gasteiger partial charge in [-0.3, -0.25) is 4.68 Å². The maximum atomic E-state index is 11.1. The lowest BCUT2D eigenvalue weighted by molar-refractivity contribution is -0.0716. The number of aromatic carboxylic acids is 1. The Morgan fingerprint density at radius 3 is 2.52 bits per heavy atom. The third kappa shape index (κ3) is 2.30.